The average molecular weight is 261 g/mol. The molecule has 1 saturated heterocycles. The van der Waals surface area contributed by atoms with E-state index >= 15 is 0 Å². The lowest BCUT2D eigenvalue weighted by molar-refractivity contribution is 0.146. The number of hydrogen-bond donors (Lipinski definition) is 2. The van der Waals surface area contributed by atoms with Crippen molar-refractivity contribution in [3.8, 4) is 0 Å². The van der Waals surface area contributed by atoms with E-state index in [0.29, 0.717) is 6.04 Å². The molecule has 0 aromatic heterocycles. The highest BCUT2D eigenvalue weighted by molar-refractivity contribution is 5.82. The lowest BCUT2D eigenvalue weighted by Gasteiger charge is -2.38. The fourth-order valence-electron chi connectivity index (χ4n) is 2.27. The number of benzene rings is 1. The minimum absolute atomic E-state index is 0.600. The number of rotatable bonds is 2. The van der Waals surface area contributed by atoms with Crippen LogP contribution in [0.25, 0.3) is 0 Å². The van der Waals surface area contributed by atoms with Gasteiger partial charge in [-0.25, -0.2) is 10.8 Å². The van der Waals surface area contributed by atoms with Crippen molar-refractivity contribution in [3.63, 3.8) is 0 Å². The Labute approximate surface area is 115 Å². The summed E-state index contributed by atoms with van der Waals surface area (Å²) >= 11 is 0. The van der Waals surface area contributed by atoms with Gasteiger partial charge >= 0.3 is 0 Å². The predicted octanol–water partition coefficient (Wildman–Crippen LogP) is 1.16. The number of nitrogens with one attached hydrogen (secondary N) is 1. The van der Waals surface area contributed by atoms with Gasteiger partial charge in [-0.15, -0.1) is 0 Å². The van der Waals surface area contributed by atoms with Crippen LogP contribution in [0, 0.1) is 0 Å². The Morgan fingerprint density at radius 2 is 1.79 bits per heavy atom. The van der Waals surface area contributed by atoms with Gasteiger partial charge in [0.05, 0.1) is 5.69 Å². The van der Waals surface area contributed by atoms with Crippen LogP contribution in [0.15, 0.2) is 35.3 Å². The number of guanidine groups is 1. The van der Waals surface area contributed by atoms with E-state index in [-0.39, 0.29) is 0 Å². The monoisotopic (exact) mass is 261 g/mol. The van der Waals surface area contributed by atoms with Crippen molar-refractivity contribution in [1.29, 1.82) is 0 Å². The molecule has 1 aromatic carbocycles. The molecular weight excluding hydrogens is 238 g/mol. The molecule has 19 heavy (non-hydrogen) atoms. The number of para-hydroxylation sites is 1. The molecule has 0 bridgehead atoms. The normalized spacial score (nSPS) is 17.9. The maximum absolute atomic E-state index is 5.61. The molecule has 5 nitrogen and oxygen atoms in total. The number of hydrazine groups is 1. The van der Waals surface area contributed by atoms with Crippen molar-refractivity contribution in [1.82, 2.24) is 15.2 Å². The molecule has 0 radical (unpaired) electrons. The fourth-order valence-corrected chi connectivity index (χ4v) is 2.27. The molecule has 104 valence electrons. The van der Waals surface area contributed by atoms with E-state index in [1.54, 1.807) is 0 Å². The summed E-state index contributed by atoms with van der Waals surface area (Å²) in [4.78, 5) is 9.22. The maximum atomic E-state index is 5.61. The first kappa shape index (κ1) is 13.8. The summed E-state index contributed by atoms with van der Waals surface area (Å²) in [5.74, 6) is 6.35. The molecule has 2 rings (SSSR count). The molecular formula is C14H23N5. The fraction of sp³-hybridized carbons (Fsp3) is 0.500. The molecule has 3 N–H and O–H groups in total. The first-order valence-electron chi connectivity index (χ1n) is 6.80. The topological polar surface area (TPSA) is 56.9 Å². The Balaban J connectivity index is 2.02. The Morgan fingerprint density at radius 3 is 2.32 bits per heavy atom. The summed E-state index contributed by atoms with van der Waals surface area (Å²) in [5.41, 5.74) is 3.64. The van der Waals surface area contributed by atoms with Gasteiger partial charge in [-0.1, -0.05) is 18.2 Å². The number of hydrogen-bond acceptors (Lipinski definition) is 3. The van der Waals surface area contributed by atoms with Crippen molar-refractivity contribution < 1.29 is 0 Å². The van der Waals surface area contributed by atoms with Crippen LogP contribution in [0.1, 0.15) is 13.8 Å². The largest absolute Gasteiger partial charge is 0.339 e. The second kappa shape index (κ2) is 6.54. The SMILES string of the molecule is CC(C)N1CCN(C(=Nc2ccccc2)NN)CC1. The number of aliphatic imine (C=N–C) groups is 1. The number of nitrogens with two attached hydrogens (primary N) is 1. The molecule has 0 unspecified atom stereocenters. The molecule has 5 heteroatoms. The highest BCUT2D eigenvalue weighted by Gasteiger charge is 2.20. The molecule has 1 heterocycles. The van der Waals surface area contributed by atoms with Crippen LogP contribution < -0.4 is 11.3 Å². The third-order valence-electron chi connectivity index (χ3n) is 3.46. The van der Waals surface area contributed by atoms with Gasteiger partial charge in [0.1, 0.15) is 0 Å². The quantitative estimate of drug-likeness (QED) is 0.363. The van der Waals surface area contributed by atoms with Gasteiger partial charge in [0.25, 0.3) is 0 Å². The van der Waals surface area contributed by atoms with E-state index in [2.05, 4.69) is 34.1 Å². The number of nitrogens with zero attached hydrogens (tertiary/aromatic N) is 3. The number of piperazine rings is 1. The maximum Gasteiger partial charge on any atom is 0.213 e. The molecule has 0 spiro atoms. The third kappa shape index (κ3) is 3.68. The van der Waals surface area contributed by atoms with Crippen molar-refractivity contribution in [2.75, 3.05) is 26.2 Å². The van der Waals surface area contributed by atoms with Crippen LogP contribution in [-0.2, 0) is 0 Å². The third-order valence-corrected chi connectivity index (χ3v) is 3.46. The lowest BCUT2D eigenvalue weighted by atomic mass is 10.2. The van der Waals surface area contributed by atoms with Crippen molar-refractivity contribution in [2.24, 2.45) is 10.8 Å². The van der Waals surface area contributed by atoms with Gasteiger partial charge in [-0.3, -0.25) is 10.3 Å². The van der Waals surface area contributed by atoms with E-state index in [0.717, 1.165) is 37.8 Å². The van der Waals surface area contributed by atoms with Gasteiger partial charge < -0.3 is 4.90 Å². The molecule has 1 aliphatic heterocycles. The minimum atomic E-state index is 0.600. The van der Waals surface area contributed by atoms with Gasteiger partial charge in [-0.2, -0.15) is 0 Å². The second-order valence-corrected chi connectivity index (χ2v) is 5.03. The summed E-state index contributed by atoms with van der Waals surface area (Å²) in [6.45, 7) is 8.47. The summed E-state index contributed by atoms with van der Waals surface area (Å²) in [6, 6.07) is 10.5. The first-order chi connectivity index (χ1) is 9.20. The summed E-state index contributed by atoms with van der Waals surface area (Å²) in [6.07, 6.45) is 0. The summed E-state index contributed by atoms with van der Waals surface area (Å²) in [7, 11) is 0. The van der Waals surface area contributed by atoms with Gasteiger partial charge in [0.15, 0.2) is 0 Å². The van der Waals surface area contributed by atoms with Crippen LogP contribution in [0.5, 0.6) is 0 Å². The molecule has 1 aromatic rings. The molecule has 0 atom stereocenters. The zero-order valence-electron chi connectivity index (χ0n) is 11.7. The molecule has 0 aliphatic carbocycles. The second-order valence-electron chi connectivity index (χ2n) is 5.03. The zero-order chi connectivity index (χ0) is 13.7. The average Bonchev–Trinajstić information content (AvgIpc) is 2.46. The van der Waals surface area contributed by atoms with Gasteiger partial charge in [-0.05, 0) is 26.0 Å². The van der Waals surface area contributed by atoms with E-state index in [4.69, 9.17) is 5.84 Å². The highest BCUT2D eigenvalue weighted by Crippen LogP contribution is 2.12. The Kier molecular flexibility index (Phi) is 4.76. The van der Waals surface area contributed by atoms with Crippen LogP contribution in [0.4, 0.5) is 5.69 Å². The van der Waals surface area contributed by atoms with Crippen molar-refractivity contribution in [2.45, 2.75) is 19.9 Å². The van der Waals surface area contributed by atoms with E-state index in [1.165, 1.54) is 0 Å². The smallest absolute Gasteiger partial charge is 0.213 e. The van der Waals surface area contributed by atoms with Crippen LogP contribution in [0.3, 0.4) is 0 Å². The van der Waals surface area contributed by atoms with Crippen molar-refractivity contribution >= 4 is 11.6 Å². The highest BCUT2D eigenvalue weighted by atomic mass is 15.4. The molecule has 1 fully saturated rings. The van der Waals surface area contributed by atoms with Gasteiger partial charge in [0.2, 0.25) is 5.96 Å². The minimum Gasteiger partial charge on any atom is -0.339 e. The van der Waals surface area contributed by atoms with Gasteiger partial charge in [0, 0.05) is 32.2 Å². The Hall–Kier alpha value is -1.59. The van der Waals surface area contributed by atoms with E-state index < -0.39 is 0 Å². The molecule has 1 aliphatic rings. The van der Waals surface area contributed by atoms with E-state index in [9.17, 15) is 0 Å². The standard InChI is InChI=1S/C14H23N5/c1-12(2)18-8-10-19(11-9-18)14(17-15)16-13-6-4-3-5-7-13/h3-7,12H,8-11,15H2,1-2H3,(H,16,17). The molecule has 0 amide bonds. The van der Waals surface area contributed by atoms with Crippen LogP contribution >= 0.6 is 0 Å². The lowest BCUT2D eigenvalue weighted by Crippen LogP contribution is -2.55. The Morgan fingerprint density at radius 1 is 1.16 bits per heavy atom. The zero-order valence-corrected chi connectivity index (χ0v) is 11.7. The summed E-state index contributed by atoms with van der Waals surface area (Å²) in [5, 5.41) is 0. The Bertz CT molecular complexity index is 407. The predicted molar refractivity (Wildman–Crippen MR) is 79.1 cm³/mol. The molecule has 0 saturated carbocycles. The van der Waals surface area contributed by atoms with Crippen molar-refractivity contribution in [3.05, 3.63) is 30.3 Å². The first-order valence-corrected chi connectivity index (χ1v) is 6.80. The summed E-state index contributed by atoms with van der Waals surface area (Å²) < 4.78 is 0. The van der Waals surface area contributed by atoms with Crippen LogP contribution in [-0.4, -0.2) is 48.0 Å². The van der Waals surface area contributed by atoms with E-state index in [1.807, 2.05) is 30.3 Å². The van der Waals surface area contributed by atoms with Crippen LogP contribution in [0.2, 0.25) is 0 Å².